The quantitative estimate of drug-likeness (QED) is 0.605. The summed E-state index contributed by atoms with van der Waals surface area (Å²) in [6, 6.07) is 8.00. The number of hydrogen-bond acceptors (Lipinski definition) is 6. The van der Waals surface area contributed by atoms with Crippen molar-refractivity contribution in [2.75, 3.05) is 18.1 Å². The molecule has 9 nitrogen and oxygen atoms in total. The fourth-order valence-electron chi connectivity index (χ4n) is 4.05. The lowest BCUT2D eigenvalue weighted by Crippen LogP contribution is -2.42. The first-order valence-electron chi connectivity index (χ1n) is 10.0. The standard InChI is InChI=1S/C21H25N5O4/c1-5-30-16(27)12-26-19(28)17-18(23(4)21(26)29)22-20-24(10-13(2)11-25(17)20)15-9-7-6-8-14(15)3/h6-9,13H,5,10-12H2,1-4H3/t13-/m0/s1. The molecule has 0 saturated heterocycles. The minimum Gasteiger partial charge on any atom is -0.465 e. The lowest BCUT2D eigenvalue weighted by molar-refractivity contribution is -0.143. The Morgan fingerprint density at radius 3 is 2.67 bits per heavy atom. The smallest absolute Gasteiger partial charge is 0.333 e. The van der Waals surface area contributed by atoms with Gasteiger partial charge in [-0.2, -0.15) is 4.98 Å². The van der Waals surface area contributed by atoms with Gasteiger partial charge in [0.1, 0.15) is 6.54 Å². The van der Waals surface area contributed by atoms with Crippen LogP contribution in [-0.2, 0) is 29.7 Å². The van der Waals surface area contributed by atoms with Gasteiger partial charge in [0.2, 0.25) is 5.95 Å². The van der Waals surface area contributed by atoms with Crippen LogP contribution >= 0.6 is 0 Å². The molecular formula is C21H25N5O4. The molecule has 0 bridgehead atoms. The second-order valence-electron chi connectivity index (χ2n) is 7.73. The van der Waals surface area contributed by atoms with Crippen molar-refractivity contribution in [2.24, 2.45) is 13.0 Å². The van der Waals surface area contributed by atoms with Gasteiger partial charge in [-0.15, -0.1) is 0 Å². The highest BCUT2D eigenvalue weighted by molar-refractivity contribution is 5.78. The van der Waals surface area contributed by atoms with E-state index in [0.29, 0.717) is 23.7 Å². The first-order valence-corrected chi connectivity index (χ1v) is 10.0. The van der Waals surface area contributed by atoms with Crippen molar-refractivity contribution in [1.82, 2.24) is 18.7 Å². The number of anilines is 2. The van der Waals surface area contributed by atoms with Gasteiger partial charge in [-0.25, -0.2) is 9.36 Å². The molecule has 0 aliphatic carbocycles. The van der Waals surface area contributed by atoms with Crippen molar-refractivity contribution in [3.63, 3.8) is 0 Å². The number of ether oxygens (including phenoxy) is 1. The maximum absolute atomic E-state index is 13.3. The minimum absolute atomic E-state index is 0.182. The number of imidazole rings is 1. The molecule has 3 aromatic rings. The Labute approximate surface area is 173 Å². The molecule has 1 aliphatic heterocycles. The topological polar surface area (TPSA) is 91.4 Å². The van der Waals surface area contributed by atoms with Crippen molar-refractivity contribution < 1.29 is 9.53 Å². The minimum atomic E-state index is -0.621. The monoisotopic (exact) mass is 411 g/mol. The average Bonchev–Trinajstić information content (AvgIpc) is 3.09. The van der Waals surface area contributed by atoms with E-state index in [2.05, 4.69) is 16.8 Å². The molecule has 0 N–H and O–H groups in total. The fraction of sp³-hybridized carbons (Fsp3) is 0.429. The molecular weight excluding hydrogens is 386 g/mol. The van der Waals surface area contributed by atoms with Crippen LogP contribution in [0.5, 0.6) is 0 Å². The number of para-hydroxylation sites is 1. The van der Waals surface area contributed by atoms with E-state index in [1.54, 1.807) is 14.0 Å². The molecule has 0 fully saturated rings. The number of benzene rings is 1. The highest BCUT2D eigenvalue weighted by Gasteiger charge is 2.30. The molecule has 30 heavy (non-hydrogen) atoms. The number of carbonyl (C=O) groups is 1. The van der Waals surface area contributed by atoms with E-state index in [-0.39, 0.29) is 12.5 Å². The second-order valence-corrected chi connectivity index (χ2v) is 7.73. The molecule has 0 saturated carbocycles. The van der Waals surface area contributed by atoms with E-state index in [4.69, 9.17) is 4.74 Å². The van der Waals surface area contributed by atoms with Crippen molar-refractivity contribution in [1.29, 1.82) is 0 Å². The number of esters is 1. The SMILES string of the molecule is CCOC(=O)Cn1c(=O)c2c(nc3n2C[C@@H](C)CN3c2ccccc2C)n(C)c1=O. The fourth-order valence-corrected chi connectivity index (χ4v) is 4.05. The van der Waals surface area contributed by atoms with Crippen LogP contribution in [0.2, 0.25) is 0 Å². The van der Waals surface area contributed by atoms with Crippen LogP contribution in [0, 0.1) is 12.8 Å². The Hall–Kier alpha value is -3.36. The zero-order valence-electron chi connectivity index (χ0n) is 17.6. The molecule has 0 unspecified atom stereocenters. The number of fused-ring (bicyclic) bond motifs is 3. The molecule has 2 aromatic heterocycles. The highest BCUT2D eigenvalue weighted by Crippen LogP contribution is 2.34. The summed E-state index contributed by atoms with van der Waals surface area (Å²) >= 11 is 0. The molecule has 1 aromatic carbocycles. The zero-order valence-corrected chi connectivity index (χ0v) is 17.6. The summed E-state index contributed by atoms with van der Waals surface area (Å²) in [7, 11) is 1.56. The normalized spacial score (nSPS) is 16.0. The van der Waals surface area contributed by atoms with E-state index in [1.165, 1.54) is 4.57 Å². The average molecular weight is 411 g/mol. The summed E-state index contributed by atoms with van der Waals surface area (Å²) in [5.41, 5.74) is 1.62. The van der Waals surface area contributed by atoms with E-state index in [9.17, 15) is 14.4 Å². The number of carbonyl (C=O) groups excluding carboxylic acids is 1. The Bertz CT molecular complexity index is 1250. The maximum Gasteiger partial charge on any atom is 0.333 e. The summed E-state index contributed by atoms with van der Waals surface area (Å²) in [5.74, 6) is 0.257. The third-order valence-electron chi connectivity index (χ3n) is 5.44. The van der Waals surface area contributed by atoms with Gasteiger partial charge < -0.3 is 14.2 Å². The zero-order chi connectivity index (χ0) is 21.6. The summed E-state index contributed by atoms with van der Waals surface area (Å²) in [6.07, 6.45) is 0. The lowest BCUT2D eigenvalue weighted by Gasteiger charge is -2.33. The van der Waals surface area contributed by atoms with Gasteiger partial charge in [-0.05, 0) is 31.4 Å². The molecule has 1 atom stereocenters. The van der Waals surface area contributed by atoms with E-state index in [0.717, 1.165) is 22.4 Å². The van der Waals surface area contributed by atoms with Crippen LogP contribution < -0.4 is 16.1 Å². The van der Waals surface area contributed by atoms with Gasteiger partial charge in [0.25, 0.3) is 5.56 Å². The van der Waals surface area contributed by atoms with Gasteiger partial charge in [0.05, 0.1) is 6.61 Å². The van der Waals surface area contributed by atoms with Crippen LogP contribution in [0.4, 0.5) is 11.6 Å². The predicted octanol–water partition coefficient (Wildman–Crippen LogP) is 1.56. The van der Waals surface area contributed by atoms with Gasteiger partial charge >= 0.3 is 11.7 Å². The molecule has 1 aliphatic rings. The third-order valence-corrected chi connectivity index (χ3v) is 5.44. The van der Waals surface area contributed by atoms with Crippen molar-refractivity contribution in [3.8, 4) is 0 Å². The number of aryl methyl sites for hydroxylation is 2. The van der Waals surface area contributed by atoms with Crippen LogP contribution in [0.15, 0.2) is 33.9 Å². The molecule has 4 rings (SSSR count). The van der Waals surface area contributed by atoms with E-state index < -0.39 is 23.8 Å². The largest absolute Gasteiger partial charge is 0.465 e. The number of hydrogen-bond donors (Lipinski definition) is 0. The Morgan fingerprint density at radius 2 is 1.97 bits per heavy atom. The van der Waals surface area contributed by atoms with Crippen LogP contribution in [0.1, 0.15) is 19.4 Å². The Kier molecular flexibility index (Phi) is 4.97. The van der Waals surface area contributed by atoms with Gasteiger partial charge in [-0.3, -0.25) is 14.2 Å². The second kappa shape index (κ2) is 7.47. The molecule has 9 heteroatoms. The molecule has 3 heterocycles. The highest BCUT2D eigenvalue weighted by atomic mass is 16.5. The van der Waals surface area contributed by atoms with Crippen molar-refractivity contribution in [2.45, 2.75) is 33.9 Å². The first kappa shape index (κ1) is 19.9. The van der Waals surface area contributed by atoms with Crippen LogP contribution in [-0.4, -0.2) is 37.8 Å². The summed E-state index contributed by atoms with van der Waals surface area (Å²) < 4.78 is 9.03. The van der Waals surface area contributed by atoms with Gasteiger partial charge in [0, 0.05) is 25.8 Å². The van der Waals surface area contributed by atoms with E-state index in [1.807, 2.05) is 35.8 Å². The lowest BCUT2D eigenvalue weighted by atomic mass is 10.1. The Balaban J connectivity index is 1.96. The van der Waals surface area contributed by atoms with Gasteiger partial charge in [-0.1, -0.05) is 25.1 Å². The predicted molar refractivity (Wildman–Crippen MR) is 113 cm³/mol. The molecule has 0 spiro atoms. The molecule has 0 amide bonds. The number of nitrogens with zero attached hydrogens (tertiary/aromatic N) is 5. The molecule has 158 valence electrons. The number of aromatic nitrogens is 4. The van der Waals surface area contributed by atoms with Crippen molar-refractivity contribution in [3.05, 3.63) is 50.7 Å². The summed E-state index contributed by atoms with van der Waals surface area (Å²) in [5, 5.41) is 0. The van der Waals surface area contributed by atoms with Gasteiger partial charge in [0.15, 0.2) is 11.2 Å². The first-order chi connectivity index (χ1) is 14.3. The summed E-state index contributed by atoms with van der Waals surface area (Å²) in [4.78, 5) is 44.8. The summed E-state index contributed by atoms with van der Waals surface area (Å²) in [6.45, 7) is 6.92. The number of rotatable bonds is 4. The molecule has 0 radical (unpaired) electrons. The van der Waals surface area contributed by atoms with Crippen molar-refractivity contribution >= 4 is 28.8 Å². The maximum atomic E-state index is 13.3. The van der Waals surface area contributed by atoms with Crippen LogP contribution in [0.25, 0.3) is 11.2 Å². The van der Waals surface area contributed by atoms with Crippen LogP contribution in [0.3, 0.4) is 0 Å². The Morgan fingerprint density at radius 1 is 1.23 bits per heavy atom. The van der Waals surface area contributed by atoms with E-state index >= 15 is 0 Å². The third kappa shape index (κ3) is 3.10.